The Bertz CT molecular complexity index is 185. The van der Waals surface area contributed by atoms with Crippen LogP contribution in [0.15, 0.2) is 0 Å². The van der Waals surface area contributed by atoms with Crippen LogP contribution in [0.4, 0.5) is 0 Å². The lowest BCUT2D eigenvalue weighted by Crippen LogP contribution is -2.39. The molecular weight excluding hydrogens is 236 g/mol. The Labute approximate surface area is 98.1 Å². The van der Waals surface area contributed by atoms with Crippen molar-refractivity contribution in [1.29, 1.82) is 0 Å². The highest BCUT2D eigenvalue weighted by Gasteiger charge is 2.36. The van der Waals surface area contributed by atoms with Gasteiger partial charge in [-0.3, -0.25) is 0 Å². The van der Waals surface area contributed by atoms with Crippen molar-refractivity contribution in [2.75, 3.05) is 24.7 Å². The zero-order valence-electron chi connectivity index (χ0n) is 8.50. The zero-order valence-corrected chi connectivity index (χ0v) is 10.1. The molecule has 1 fully saturated rings. The average Bonchev–Trinajstić information content (AvgIpc) is 2.29. The first-order valence-corrected chi connectivity index (χ1v) is 6.96. The third-order valence-electron chi connectivity index (χ3n) is 2.41. The highest BCUT2D eigenvalue weighted by molar-refractivity contribution is 8.18. The third kappa shape index (κ3) is 3.80. The Morgan fingerprint density at radius 1 is 1.07 bits per heavy atom. The van der Waals surface area contributed by atoms with E-state index in [2.05, 4.69) is 0 Å². The van der Waals surface area contributed by atoms with E-state index in [1.807, 2.05) is 0 Å². The second kappa shape index (κ2) is 6.32. The maximum Gasteiger partial charge on any atom is 0.103 e. The summed E-state index contributed by atoms with van der Waals surface area (Å²) in [5, 5.41) is 36.9. The van der Waals surface area contributed by atoms with Gasteiger partial charge in [-0.05, 0) is 17.9 Å². The minimum absolute atomic E-state index is 0.0163. The van der Waals surface area contributed by atoms with E-state index in [0.29, 0.717) is 6.42 Å². The van der Waals surface area contributed by atoms with Gasteiger partial charge in [-0.2, -0.15) is 0 Å². The molecule has 1 heterocycles. The smallest absolute Gasteiger partial charge is 0.103 e. The minimum atomic E-state index is -1.11. The molecule has 90 valence electrons. The van der Waals surface area contributed by atoms with Crippen LogP contribution in [-0.2, 0) is 0 Å². The summed E-state index contributed by atoms with van der Waals surface area (Å²) in [6.45, 7) is -0.463. The van der Waals surface area contributed by atoms with Crippen LogP contribution in [0.5, 0.6) is 0 Å². The Hall–Kier alpha value is 0.540. The summed E-state index contributed by atoms with van der Waals surface area (Å²) < 4.78 is -0.409. The summed E-state index contributed by atoms with van der Waals surface area (Å²) in [4.78, 5) is 0. The molecule has 0 amide bonds. The summed E-state index contributed by atoms with van der Waals surface area (Å²) in [6.07, 6.45) is -0.673. The summed E-state index contributed by atoms with van der Waals surface area (Å²) >= 11 is 3.25. The van der Waals surface area contributed by atoms with Crippen LogP contribution in [0.3, 0.4) is 0 Å². The van der Waals surface area contributed by atoms with E-state index in [0.717, 1.165) is 17.9 Å². The van der Waals surface area contributed by atoms with Gasteiger partial charge < -0.3 is 20.4 Å². The summed E-state index contributed by atoms with van der Waals surface area (Å²) in [6, 6.07) is 0. The van der Waals surface area contributed by atoms with Gasteiger partial charge in [0.05, 0.1) is 23.4 Å². The molecule has 1 saturated heterocycles. The quantitative estimate of drug-likeness (QED) is 0.537. The minimum Gasteiger partial charge on any atom is -0.394 e. The molecule has 15 heavy (non-hydrogen) atoms. The monoisotopic (exact) mass is 254 g/mol. The van der Waals surface area contributed by atoms with Crippen LogP contribution < -0.4 is 0 Å². The SMILES string of the molecule is OC[C@H](O)[C@H](O)CC1(CO)SCCCS1. The van der Waals surface area contributed by atoms with Gasteiger partial charge >= 0.3 is 0 Å². The standard InChI is InChI=1S/C9H18O4S2/c10-5-8(13)7(12)4-9(6-11)14-2-1-3-15-9/h7-8,10-13H,1-6H2/t7-,8+/m1/s1. The Morgan fingerprint density at radius 3 is 2.13 bits per heavy atom. The van der Waals surface area contributed by atoms with E-state index < -0.39 is 22.9 Å². The maximum absolute atomic E-state index is 9.62. The second-order valence-corrected chi connectivity index (χ2v) is 6.86. The van der Waals surface area contributed by atoms with Crippen LogP contribution >= 0.6 is 23.5 Å². The zero-order chi connectivity index (χ0) is 11.3. The normalized spacial score (nSPS) is 24.8. The Morgan fingerprint density at radius 2 is 1.67 bits per heavy atom. The molecule has 4 nitrogen and oxygen atoms in total. The van der Waals surface area contributed by atoms with E-state index in [9.17, 15) is 15.3 Å². The van der Waals surface area contributed by atoms with E-state index in [1.54, 1.807) is 23.5 Å². The molecule has 6 heteroatoms. The number of aliphatic hydroxyl groups is 4. The van der Waals surface area contributed by atoms with E-state index >= 15 is 0 Å². The number of aliphatic hydroxyl groups excluding tert-OH is 4. The molecule has 0 aromatic carbocycles. The third-order valence-corrected chi connectivity index (χ3v) is 5.75. The van der Waals surface area contributed by atoms with E-state index in [1.165, 1.54) is 0 Å². The Balaban J connectivity index is 2.51. The lowest BCUT2D eigenvalue weighted by atomic mass is 10.1. The largest absolute Gasteiger partial charge is 0.394 e. The summed E-state index contributed by atoms with van der Waals surface area (Å²) in [5.74, 6) is 1.94. The van der Waals surface area contributed by atoms with E-state index in [4.69, 9.17) is 5.11 Å². The highest BCUT2D eigenvalue weighted by atomic mass is 32.2. The molecule has 0 aromatic rings. The predicted octanol–water partition coefficient (Wildman–Crippen LogP) is -0.351. The van der Waals surface area contributed by atoms with Gasteiger partial charge in [0.15, 0.2) is 0 Å². The van der Waals surface area contributed by atoms with Crippen LogP contribution in [0.25, 0.3) is 0 Å². The molecular formula is C9H18O4S2. The lowest BCUT2D eigenvalue weighted by Gasteiger charge is -2.36. The van der Waals surface area contributed by atoms with Gasteiger partial charge in [-0.1, -0.05) is 0 Å². The molecule has 0 bridgehead atoms. The molecule has 0 aromatic heterocycles. The first-order chi connectivity index (χ1) is 7.13. The van der Waals surface area contributed by atoms with Crippen molar-refractivity contribution in [3.63, 3.8) is 0 Å². The van der Waals surface area contributed by atoms with Crippen molar-refractivity contribution in [2.45, 2.75) is 29.1 Å². The fraction of sp³-hybridized carbons (Fsp3) is 1.00. The van der Waals surface area contributed by atoms with Gasteiger partial charge in [-0.25, -0.2) is 0 Å². The fourth-order valence-electron chi connectivity index (χ4n) is 1.47. The fourth-order valence-corrected chi connectivity index (χ4v) is 4.56. The van der Waals surface area contributed by atoms with Crippen molar-refractivity contribution in [2.24, 2.45) is 0 Å². The number of rotatable bonds is 5. The molecule has 0 spiro atoms. The molecule has 4 N–H and O–H groups in total. The van der Waals surface area contributed by atoms with Crippen LogP contribution in [-0.4, -0.2) is 61.4 Å². The maximum atomic E-state index is 9.62. The van der Waals surface area contributed by atoms with Crippen LogP contribution in [0.2, 0.25) is 0 Å². The summed E-state index contributed by atoms with van der Waals surface area (Å²) in [7, 11) is 0. The molecule has 1 aliphatic heterocycles. The topological polar surface area (TPSA) is 80.9 Å². The van der Waals surface area contributed by atoms with Crippen molar-refractivity contribution < 1.29 is 20.4 Å². The molecule has 0 aliphatic carbocycles. The molecule has 0 unspecified atom stereocenters. The van der Waals surface area contributed by atoms with Crippen molar-refractivity contribution in [1.82, 2.24) is 0 Å². The number of hydrogen-bond donors (Lipinski definition) is 4. The second-order valence-electron chi connectivity index (χ2n) is 3.64. The van der Waals surface area contributed by atoms with Crippen LogP contribution in [0, 0.1) is 0 Å². The van der Waals surface area contributed by atoms with Crippen LogP contribution in [0.1, 0.15) is 12.8 Å². The van der Waals surface area contributed by atoms with Gasteiger partial charge in [0.2, 0.25) is 0 Å². The molecule has 1 rings (SSSR count). The highest BCUT2D eigenvalue weighted by Crippen LogP contribution is 2.45. The van der Waals surface area contributed by atoms with Gasteiger partial charge in [0, 0.05) is 6.42 Å². The average molecular weight is 254 g/mol. The molecule has 1 aliphatic rings. The van der Waals surface area contributed by atoms with E-state index in [-0.39, 0.29) is 6.61 Å². The van der Waals surface area contributed by atoms with Crippen molar-refractivity contribution in [3.05, 3.63) is 0 Å². The molecule has 0 saturated carbocycles. The first kappa shape index (κ1) is 13.6. The number of thioether (sulfide) groups is 2. The molecule has 0 radical (unpaired) electrons. The molecule has 2 atom stereocenters. The van der Waals surface area contributed by atoms with Crippen molar-refractivity contribution in [3.8, 4) is 0 Å². The first-order valence-electron chi connectivity index (χ1n) is 4.99. The predicted molar refractivity (Wildman–Crippen MR) is 63.1 cm³/mol. The summed E-state index contributed by atoms with van der Waals surface area (Å²) in [5.41, 5.74) is 0. The van der Waals surface area contributed by atoms with Gasteiger partial charge in [0.1, 0.15) is 6.10 Å². The number of hydrogen-bond acceptors (Lipinski definition) is 6. The van der Waals surface area contributed by atoms with Crippen molar-refractivity contribution >= 4 is 23.5 Å². The van der Waals surface area contributed by atoms with Gasteiger partial charge in [0.25, 0.3) is 0 Å². The Kier molecular flexibility index (Phi) is 5.73. The van der Waals surface area contributed by atoms with Gasteiger partial charge in [-0.15, -0.1) is 23.5 Å². The lowest BCUT2D eigenvalue weighted by molar-refractivity contribution is -0.0204.